The molecule has 3 rings (SSSR count). The summed E-state index contributed by atoms with van der Waals surface area (Å²) in [4.78, 5) is 13.6. The molecule has 7 heteroatoms. The number of hydrogen-bond acceptors (Lipinski definition) is 5. The van der Waals surface area contributed by atoms with Gasteiger partial charge in [0.25, 0.3) is 5.56 Å². The van der Waals surface area contributed by atoms with Gasteiger partial charge in [-0.3, -0.25) is 4.79 Å². The molecule has 0 fully saturated rings. The zero-order valence-electron chi connectivity index (χ0n) is 9.66. The lowest BCUT2D eigenvalue weighted by atomic mass is 10.0. The summed E-state index contributed by atoms with van der Waals surface area (Å²) in [5, 5.41) is 23.0. The fraction of sp³-hybridized carbons (Fsp3) is 0. The van der Waals surface area contributed by atoms with Gasteiger partial charge in [-0.2, -0.15) is 0 Å². The lowest BCUT2D eigenvalue weighted by Crippen LogP contribution is -2.03. The van der Waals surface area contributed by atoms with Gasteiger partial charge in [0, 0.05) is 17.3 Å². The second-order valence-electron chi connectivity index (χ2n) is 3.93. The van der Waals surface area contributed by atoms with E-state index < -0.39 is 5.56 Å². The van der Waals surface area contributed by atoms with Gasteiger partial charge in [-0.25, -0.2) is 5.10 Å². The van der Waals surface area contributed by atoms with Crippen LogP contribution in [0.5, 0.6) is 5.75 Å². The van der Waals surface area contributed by atoms with Crippen molar-refractivity contribution < 1.29 is 5.11 Å². The third-order valence-corrected chi connectivity index (χ3v) is 2.70. The molecule has 0 bridgehead atoms. The van der Waals surface area contributed by atoms with Gasteiger partial charge in [-0.1, -0.05) is 18.2 Å². The van der Waals surface area contributed by atoms with Crippen LogP contribution in [0.1, 0.15) is 0 Å². The molecular weight excluding hydrogens is 246 g/mol. The lowest BCUT2D eigenvalue weighted by Gasteiger charge is -2.03. The Labute approximate surface area is 106 Å². The molecule has 0 aliphatic heterocycles. The second kappa shape index (κ2) is 4.37. The zero-order valence-corrected chi connectivity index (χ0v) is 9.66. The number of benzene rings is 1. The summed E-state index contributed by atoms with van der Waals surface area (Å²) >= 11 is 0. The van der Waals surface area contributed by atoms with E-state index in [9.17, 15) is 9.90 Å². The number of aromatic amines is 2. The van der Waals surface area contributed by atoms with Gasteiger partial charge in [-0.15, -0.1) is 5.10 Å². The van der Waals surface area contributed by atoms with Crippen LogP contribution in [0.25, 0.3) is 22.5 Å². The molecular formula is C12H9N5O2. The maximum atomic E-state index is 11.1. The number of nitrogens with zero attached hydrogens (tertiary/aromatic N) is 3. The van der Waals surface area contributed by atoms with Gasteiger partial charge >= 0.3 is 0 Å². The first-order valence-corrected chi connectivity index (χ1v) is 5.50. The van der Waals surface area contributed by atoms with E-state index >= 15 is 0 Å². The fourth-order valence-electron chi connectivity index (χ4n) is 1.77. The van der Waals surface area contributed by atoms with Crippen molar-refractivity contribution >= 4 is 0 Å². The Morgan fingerprint density at radius 2 is 1.95 bits per heavy atom. The molecule has 0 radical (unpaired) electrons. The van der Waals surface area contributed by atoms with E-state index in [0.717, 1.165) is 11.1 Å². The van der Waals surface area contributed by atoms with Crippen LogP contribution >= 0.6 is 0 Å². The normalized spacial score (nSPS) is 10.5. The number of rotatable bonds is 2. The van der Waals surface area contributed by atoms with Crippen LogP contribution in [0.15, 0.2) is 41.3 Å². The minimum absolute atomic E-state index is 0.316. The van der Waals surface area contributed by atoms with Crippen molar-refractivity contribution in [3.8, 4) is 28.3 Å². The predicted octanol–water partition coefficient (Wildman–Crippen LogP) is 0.928. The molecule has 94 valence electrons. The Kier molecular flexibility index (Phi) is 2.57. The molecule has 2 heterocycles. The van der Waals surface area contributed by atoms with E-state index in [-0.39, 0.29) is 5.75 Å². The molecule has 3 N–H and O–H groups in total. The number of tetrazole rings is 1. The Bertz CT molecular complexity index is 764. The van der Waals surface area contributed by atoms with Crippen LogP contribution in [-0.2, 0) is 0 Å². The van der Waals surface area contributed by atoms with Crippen LogP contribution in [0.4, 0.5) is 0 Å². The molecule has 0 amide bonds. The number of aromatic nitrogens is 5. The fourth-order valence-corrected chi connectivity index (χ4v) is 1.77. The molecule has 3 aromatic rings. The minimum atomic E-state index is -0.515. The average molecular weight is 255 g/mol. The first kappa shape index (κ1) is 11.1. The summed E-state index contributed by atoms with van der Waals surface area (Å²) in [6, 6.07) is 8.83. The summed E-state index contributed by atoms with van der Waals surface area (Å²) in [5.74, 6) is 0.236. The van der Waals surface area contributed by atoms with Gasteiger partial charge in [0.2, 0.25) is 0 Å². The maximum Gasteiger partial charge on any atom is 0.290 e. The highest BCUT2D eigenvalue weighted by atomic mass is 16.3. The number of nitrogens with one attached hydrogen (secondary N) is 2. The number of hydrogen-bond donors (Lipinski definition) is 3. The van der Waals surface area contributed by atoms with E-state index in [1.165, 1.54) is 6.07 Å². The zero-order chi connectivity index (χ0) is 13.2. The van der Waals surface area contributed by atoms with Crippen LogP contribution in [0, 0.1) is 0 Å². The van der Waals surface area contributed by atoms with Crippen molar-refractivity contribution in [2.75, 3.05) is 0 Å². The average Bonchev–Trinajstić information content (AvgIpc) is 2.96. The molecule has 2 aromatic heterocycles. The molecule has 0 atom stereocenters. The Morgan fingerprint density at radius 3 is 2.68 bits per heavy atom. The van der Waals surface area contributed by atoms with Crippen LogP contribution in [0.2, 0.25) is 0 Å². The molecule has 0 aliphatic carbocycles. The van der Waals surface area contributed by atoms with E-state index in [1.807, 2.05) is 24.3 Å². The summed E-state index contributed by atoms with van der Waals surface area (Å²) in [7, 11) is 0. The Balaban J connectivity index is 2.08. The minimum Gasteiger partial charge on any atom is -0.503 e. The molecule has 0 saturated carbocycles. The first-order valence-electron chi connectivity index (χ1n) is 5.50. The van der Waals surface area contributed by atoms with Crippen molar-refractivity contribution in [1.82, 2.24) is 25.6 Å². The molecule has 19 heavy (non-hydrogen) atoms. The molecule has 1 aromatic carbocycles. The third-order valence-electron chi connectivity index (χ3n) is 2.70. The molecule has 0 spiro atoms. The Hall–Kier alpha value is -2.96. The number of H-pyrrole nitrogens is 2. The monoisotopic (exact) mass is 255 g/mol. The predicted molar refractivity (Wildman–Crippen MR) is 67.3 cm³/mol. The van der Waals surface area contributed by atoms with E-state index in [0.29, 0.717) is 11.4 Å². The largest absolute Gasteiger partial charge is 0.503 e. The van der Waals surface area contributed by atoms with Gasteiger partial charge in [0.1, 0.15) is 0 Å². The number of pyridine rings is 1. The highest BCUT2D eigenvalue weighted by Crippen LogP contribution is 2.24. The molecule has 0 unspecified atom stereocenters. The molecule has 0 aliphatic rings. The third kappa shape index (κ3) is 2.08. The van der Waals surface area contributed by atoms with Crippen molar-refractivity contribution in [3.63, 3.8) is 0 Å². The summed E-state index contributed by atoms with van der Waals surface area (Å²) in [5.41, 5.74) is 1.83. The lowest BCUT2D eigenvalue weighted by molar-refractivity contribution is 0.467. The Morgan fingerprint density at radius 1 is 1.11 bits per heavy atom. The van der Waals surface area contributed by atoms with E-state index in [2.05, 4.69) is 25.6 Å². The standard InChI is InChI=1S/C12H9N5O2/c18-10-5-9(6-13-12(10)19)7-2-1-3-8(4-7)11-14-16-17-15-11/h1-6,18H,(H,13,19)(H,14,15,16,17). The quantitative estimate of drug-likeness (QED) is 0.631. The van der Waals surface area contributed by atoms with Crippen LogP contribution in [-0.4, -0.2) is 30.7 Å². The maximum absolute atomic E-state index is 11.1. The highest BCUT2D eigenvalue weighted by Gasteiger charge is 2.06. The first-order chi connectivity index (χ1) is 9.24. The van der Waals surface area contributed by atoms with Gasteiger partial charge in [0.05, 0.1) is 0 Å². The van der Waals surface area contributed by atoms with Crippen molar-refractivity contribution in [1.29, 1.82) is 0 Å². The van der Waals surface area contributed by atoms with Crippen molar-refractivity contribution in [3.05, 3.63) is 46.9 Å². The summed E-state index contributed by atoms with van der Waals surface area (Å²) in [6.45, 7) is 0. The molecule has 0 saturated heterocycles. The van der Waals surface area contributed by atoms with Gasteiger partial charge in [-0.05, 0) is 28.1 Å². The molecule has 7 nitrogen and oxygen atoms in total. The van der Waals surface area contributed by atoms with E-state index in [4.69, 9.17) is 0 Å². The topological polar surface area (TPSA) is 108 Å². The van der Waals surface area contributed by atoms with Crippen LogP contribution in [0.3, 0.4) is 0 Å². The number of aromatic hydroxyl groups is 1. The van der Waals surface area contributed by atoms with E-state index in [1.54, 1.807) is 6.20 Å². The van der Waals surface area contributed by atoms with Gasteiger partial charge < -0.3 is 10.1 Å². The summed E-state index contributed by atoms with van der Waals surface area (Å²) in [6.07, 6.45) is 1.54. The van der Waals surface area contributed by atoms with Gasteiger partial charge in [0.15, 0.2) is 11.6 Å². The van der Waals surface area contributed by atoms with Crippen LogP contribution < -0.4 is 5.56 Å². The highest BCUT2D eigenvalue weighted by molar-refractivity contribution is 5.70. The van der Waals surface area contributed by atoms with Crippen molar-refractivity contribution in [2.24, 2.45) is 0 Å². The second-order valence-corrected chi connectivity index (χ2v) is 3.93. The SMILES string of the molecule is O=c1[nH]cc(-c2cccc(-c3nnn[nH]3)c2)cc1O. The summed E-state index contributed by atoms with van der Waals surface area (Å²) < 4.78 is 0. The van der Waals surface area contributed by atoms with Crippen molar-refractivity contribution in [2.45, 2.75) is 0 Å². The smallest absolute Gasteiger partial charge is 0.290 e.